The Hall–Kier alpha value is -2.32. The standard InChI is InChI=1S/C15H17N3O2/c1-11-15(12(2)20-18-11)10-17-9-13-3-5-14(6-4-13)19-8-7-16/h3-6,17H,8-10H2,1-2H3. The van der Waals surface area contributed by atoms with Gasteiger partial charge in [0.25, 0.3) is 0 Å². The number of hydrogen-bond donors (Lipinski definition) is 1. The van der Waals surface area contributed by atoms with Gasteiger partial charge in [0.2, 0.25) is 0 Å². The zero-order valence-electron chi connectivity index (χ0n) is 11.6. The van der Waals surface area contributed by atoms with E-state index in [0.29, 0.717) is 5.75 Å². The van der Waals surface area contributed by atoms with Crippen molar-refractivity contribution in [3.8, 4) is 11.8 Å². The molecule has 1 heterocycles. The lowest BCUT2D eigenvalue weighted by atomic mass is 10.2. The number of benzene rings is 1. The van der Waals surface area contributed by atoms with E-state index in [9.17, 15) is 0 Å². The van der Waals surface area contributed by atoms with Crippen LogP contribution in [0.2, 0.25) is 0 Å². The van der Waals surface area contributed by atoms with E-state index in [1.807, 2.05) is 44.2 Å². The maximum Gasteiger partial charge on any atom is 0.174 e. The molecule has 0 saturated heterocycles. The first-order valence-corrected chi connectivity index (χ1v) is 6.42. The minimum Gasteiger partial charge on any atom is -0.479 e. The van der Waals surface area contributed by atoms with E-state index in [0.717, 1.165) is 35.7 Å². The summed E-state index contributed by atoms with van der Waals surface area (Å²) in [4.78, 5) is 0. The monoisotopic (exact) mass is 271 g/mol. The largest absolute Gasteiger partial charge is 0.479 e. The first-order valence-electron chi connectivity index (χ1n) is 6.42. The minimum absolute atomic E-state index is 0.0731. The molecular formula is C15H17N3O2. The number of hydrogen-bond acceptors (Lipinski definition) is 5. The highest BCUT2D eigenvalue weighted by molar-refractivity contribution is 5.27. The molecule has 0 fully saturated rings. The quantitative estimate of drug-likeness (QED) is 0.874. The van der Waals surface area contributed by atoms with Gasteiger partial charge in [-0.15, -0.1) is 0 Å². The van der Waals surface area contributed by atoms with Gasteiger partial charge in [0, 0.05) is 18.7 Å². The third-order valence-corrected chi connectivity index (χ3v) is 3.04. The lowest BCUT2D eigenvalue weighted by molar-refractivity contribution is 0.368. The van der Waals surface area contributed by atoms with Crippen molar-refractivity contribution in [1.82, 2.24) is 10.5 Å². The van der Waals surface area contributed by atoms with Crippen molar-refractivity contribution in [1.29, 1.82) is 5.26 Å². The Kier molecular flexibility index (Phi) is 4.75. The molecule has 1 aromatic heterocycles. The summed E-state index contributed by atoms with van der Waals surface area (Å²) >= 11 is 0. The van der Waals surface area contributed by atoms with Crippen LogP contribution >= 0.6 is 0 Å². The molecule has 0 saturated carbocycles. The molecule has 0 aliphatic rings. The second-order valence-corrected chi connectivity index (χ2v) is 4.50. The third kappa shape index (κ3) is 3.59. The van der Waals surface area contributed by atoms with E-state index >= 15 is 0 Å². The van der Waals surface area contributed by atoms with Crippen LogP contribution in [0.1, 0.15) is 22.6 Å². The lowest BCUT2D eigenvalue weighted by Gasteiger charge is -2.06. The maximum absolute atomic E-state index is 8.44. The van der Waals surface area contributed by atoms with Crippen LogP contribution in [0.25, 0.3) is 0 Å². The van der Waals surface area contributed by atoms with Gasteiger partial charge in [0.1, 0.15) is 17.6 Å². The van der Waals surface area contributed by atoms with Crippen molar-refractivity contribution >= 4 is 0 Å². The van der Waals surface area contributed by atoms with Crippen LogP contribution in [0.4, 0.5) is 0 Å². The normalized spacial score (nSPS) is 10.2. The predicted molar refractivity (Wildman–Crippen MR) is 74.1 cm³/mol. The molecule has 1 aromatic carbocycles. The number of rotatable bonds is 6. The molecule has 5 nitrogen and oxygen atoms in total. The lowest BCUT2D eigenvalue weighted by Crippen LogP contribution is -2.13. The summed E-state index contributed by atoms with van der Waals surface area (Å²) in [5, 5.41) is 15.7. The Bertz CT molecular complexity index is 577. The number of ether oxygens (including phenoxy) is 1. The Morgan fingerprint density at radius 2 is 2.00 bits per heavy atom. The van der Waals surface area contributed by atoms with Gasteiger partial charge in [-0.05, 0) is 31.5 Å². The summed E-state index contributed by atoms with van der Waals surface area (Å²) in [6.45, 7) is 5.41. The number of nitriles is 1. The predicted octanol–water partition coefficient (Wildman–Crippen LogP) is 2.48. The Labute approximate surface area is 118 Å². The number of nitrogens with one attached hydrogen (secondary N) is 1. The fourth-order valence-corrected chi connectivity index (χ4v) is 1.91. The summed E-state index contributed by atoms with van der Waals surface area (Å²) < 4.78 is 10.3. The first kappa shape index (κ1) is 14.1. The topological polar surface area (TPSA) is 71.1 Å². The van der Waals surface area contributed by atoms with Crippen molar-refractivity contribution in [3.63, 3.8) is 0 Å². The summed E-state index contributed by atoms with van der Waals surface area (Å²) in [5.41, 5.74) is 3.19. The molecule has 0 aliphatic carbocycles. The van der Waals surface area contributed by atoms with E-state index in [4.69, 9.17) is 14.5 Å². The van der Waals surface area contributed by atoms with Crippen LogP contribution in [0.3, 0.4) is 0 Å². The van der Waals surface area contributed by atoms with E-state index in [-0.39, 0.29) is 6.61 Å². The number of aryl methyl sites for hydroxylation is 2. The molecule has 0 bridgehead atoms. The van der Waals surface area contributed by atoms with E-state index in [2.05, 4.69) is 10.5 Å². The summed E-state index contributed by atoms with van der Waals surface area (Å²) in [5.74, 6) is 1.57. The van der Waals surface area contributed by atoms with Gasteiger partial charge in [-0.1, -0.05) is 17.3 Å². The van der Waals surface area contributed by atoms with Crippen LogP contribution in [-0.4, -0.2) is 11.8 Å². The molecule has 0 amide bonds. The number of nitrogens with zero attached hydrogens (tertiary/aromatic N) is 2. The van der Waals surface area contributed by atoms with Crippen LogP contribution in [0.15, 0.2) is 28.8 Å². The first-order chi connectivity index (χ1) is 9.70. The van der Waals surface area contributed by atoms with Crippen molar-refractivity contribution in [2.24, 2.45) is 0 Å². The molecule has 2 aromatic rings. The van der Waals surface area contributed by atoms with Crippen LogP contribution in [0.5, 0.6) is 5.75 Å². The third-order valence-electron chi connectivity index (χ3n) is 3.04. The Morgan fingerprint density at radius 3 is 2.60 bits per heavy atom. The average molecular weight is 271 g/mol. The fourth-order valence-electron chi connectivity index (χ4n) is 1.91. The van der Waals surface area contributed by atoms with E-state index in [1.54, 1.807) is 0 Å². The molecule has 2 rings (SSSR count). The summed E-state index contributed by atoms with van der Waals surface area (Å²) in [6.07, 6.45) is 0. The summed E-state index contributed by atoms with van der Waals surface area (Å²) in [6, 6.07) is 9.63. The van der Waals surface area contributed by atoms with Crippen molar-refractivity contribution < 1.29 is 9.26 Å². The molecule has 1 N–H and O–H groups in total. The highest BCUT2D eigenvalue weighted by Crippen LogP contribution is 2.14. The molecule has 0 radical (unpaired) electrons. The van der Waals surface area contributed by atoms with Crippen LogP contribution < -0.4 is 10.1 Å². The molecule has 0 spiro atoms. The summed E-state index contributed by atoms with van der Waals surface area (Å²) in [7, 11) is 0. The van der Waals surface area contributed by atoms with E-state index < -0.39 is 0 Å². The zero-order chi connectivity index (χ0) is 14.4. The van der Waals surface area contributed by atoms with Crippen LogP contribution in [0, 0.1) is 25.2 Å². The van der Waals surface area contributed by atoms with Gasteiger partial charge in [0.15, 0.2) is 6.61 Å². The maximum atomic E-state index is 8.44. The van der Waals surface area contributed by atoms with Gasteiger partial charge >= 0.3 is 0 Å². The van der Waals surface area contributed by atoms with Gasteiger partial charge in [-0.2, -0.15) is 5.26 Å². The zero-order valence-corrected chi connectivity index (χ0v) is 11.6. The molecule has 0 unspecified atom stereocenters. The van der Waals surface area contributed by atoms with Crippen molar-refractivity contribution in [2.45, 2.75) is 26.9 Å². The van der Waals surface area contributed by atoms with Gasteiger partial charge in [-0.25, -0.2) is 0 Å². The van der Waals surface area contributed by atoms with Crippen molar-refractivity contribution in [3.05, 3.63) is 46.8 Å². The smallest absolute Gasteiger partial charge is 0.174 e. The minimum atomic E-state index is 0.0731. The van der Waals surface area contributed by atoms with Gasteiger partial charge in [0.05, 0.1) is 5.69 Å². The Morgan fingerprint density at radius 1 is 1.25 bits per heavy atom. The fraction of sp³-hybridized carbons (Fsp3) is 0.333. The van der Waals surface area contributed by atoms with Crippen molar-refractivity contribution in [2.75, 3.05) is 6.61 Å². The van der Waals surface area contributed by atoms with Gasteiger partial charge < -0.3 is 14.6 Å². The molecule has 20 heavy (non-hydrogen) atoms. The highest BCUT2D eigenvalue weighted by atomic mass is 16.5. The van der Waals surface area contributed by atoms with Crippen LogP contribution in [-0.2, 0) is 13.1 Å². The van der Waals surface area contributed by atoms with E-state index in [1.165, 1.54) is 0 Å². The molecule has 104 valence electrons. The molecule has 0 atom stereocenters. The second kappa shape index (κ2) is 6.73. The highest BCUT2D eigenvalue weighted by Gasteiger charge is 2.07. The molecular weight excluding hydrogens is 254 g/mol. The van der Waals surface area contributed by atoms with Gasteiger partial charge in [-0.3, -0.25) is 0 Å². The average Bonchev–Trinajstić information content (AvgIpc) is 2.78. The molecule has 5 heteroatoms. The Balaban J connectivity index is 1.84. The number of aromatic nitrogens is 1. The second-order valence-electron chi connectivity index (χ2n) is 4.50. The molecule has 0 aliphatic heterocycles. The SMILES string of the molecule is Cc1noc(C)c1CNCc1ccc(OCC#N)cc1.